The van der Waals surface area contributed by atoms with E-state index in [1.54, 1.807) is 11.3 Å². The Morgan fingerprint density at radius 3 is 2.83 bits per heavy atom. The number of para-hydroxylation sites is 1. The summed E-state index contributed by atoms with van der Waals surface area (Å²) in [6, 6.07) is 14.7. The number of rotatable bonds is 5. The van der Waals surface area contributed by atoms with Crippen LogP contribution in [0.5, 0.6) is 5.75 Å². The molecule has 5 nitrogen and oxygen atoms in total. The van der Waals surface area contributed by atoms with Crippen LogP contribution in [0.2, 0.25) is 0 Å². The number of ether oxygens (including phenoxy) is 1. The number of piperazine rings is 1. The normalized spacial score (nSPS) is 16.8. The molecule has 3 heterocycles. The number of carbonyl (C=O) groups is 1. The third-order valence-electron chi connectivity index (χ3n) is 5.78. The molecule has 0 radical (unpaired) electrons. The van der Waals surface area contributed by atoms with Crippen molar-refractivity contribution >= 4 is 27.5 Å². The first-order chi connectivity index (χ1) is 14.2. The van der Waals surface area contributed by atoms with E-state index in [1.165, 1.54) is 15.8 Å². The molecule has 5 rings (SSSR count). The van der Waals surface area contributed by atoms with Gasteiger partial charge in [0, 0.05) is 52.0 Å². The highest BCUT2D eigenvalue weighted by Gasteiger charge is 2.22. The summed E-state index contributed by atoms with van der Waals surface area (Å²) in [4.78, 5) is 21.7. The highest BCUT2D eigenvalue weighted by atomic mass is 32.1. The lowest BCUT2D eigenvalue weighted by Crippen LogP contribution is -2.48. The second-order valence-corrected chi connectivity index (χ2v) is 8.89. The van der Waals surface area contributed by atoms with Crippen molar-refractivity contribution in [1.29, 1.82) is 0 Å². The molecule has 1 aromatic heterocycles. The summed E-state index contributed by atoms with van der Waals surface area (Å²) in [6.45, 7) is 5.23. The van der Waals surface area contributed by atoms with E-state index in [0.29, 0.717) is 6.42 Å². The smallest absolute Gasteiger partial charge is 0.223 e. The first kappa shape index (κ1) is 18.6. The van der Waals surface area contributed by atoms with Crippen LogP contribution < -0.4 is 4.74 Å². The van der Waals surface area contributed by atoms with E-state index in [0.717, 1.165) is 68.4 Å². The van der Waals surface area contributed by atoms with E-state index in [1.807, 2.05) is 23.1 Å². The Morgan fingerprint density at radius 1 is 1.10 bits per heavy atom. The summed E-state index contributed by atoms with van der Waals surface area (Å²) < 4.78 is 6.79. The number of carbonyl (C=O) groups excluding carboxylic acids is 1. The predicted molar refractivity (Wildman–Crippen MR) is 115 cm³/mol. The van der Waals surface area contributed by atoms with Gasteiger partial charge in [0.15, 0.2) is 0 Å². The van der Waals surface area contributed by atoms with Crippen LogP contribution in [-0.2, 0) is 24.2 Å². The minimum atomic E-state index is 0.249. The second kappa shape index (κ2) is 8.13. The Bertz CT molecular complexity index is 991. The van der Waals surface area contributed by atoms with Crippen molar-refractivity contribution in [1.82, 2.24) is 14.8 Å². The Kier molecular flexibility index (Phi) is 5.21. The molecule has 6 heteroatoms. The van der Waals surface area contributed by atoms with Crippen molar-refractivity contribution < 1.29 is 9.53 Å². The highest BCUT2D eigenvalue weighted by Crippen LogP contribution is 2.26. The molecule has 0 saturated carbocycles. The molecular formula is C23H25N3O2S. The predicted octanol–water partition coefficient (Wildman–Crippen LogP) is 3.51. The van der Waals surface area contributed by atoms with Gasteiger partial charge in [0.2, 0.25) is 5.91 Å². The molecule has 150 valence electrons. The first-order valence-corrected chi connectivity index (χ1v) is 11.2. The van der Waals surface area contributed by atoms with Gasteiger partial charge in [-0.1, -0.05) is 24.3 Å². The number of benzene rings is 2. The van der Waals surface area contributed by atoms with Crippen molar-refractivity contribution in [3.05, 3.63) is 58.6 Å². The summed E-state index contributed by atoms with van der Waals surface area (Å²) in [5.74, 6) is 1.29. The second-order valence-electron chi connectivity index (χ2n) is 7.77. The van der Waals surface area contributed by atoms with Gasteiger partial charge in [-0.15, -0.1) is 11.3 Å². The molecule has 0 bridgehead atoms. The Morgan fingerprint density at radius 2 is 1.97 bits per heavy atom. The van der Waals surface area contributed by atoms with Crippen LogP contribution in [0, 0.1) is 0 Å². The maximum Gasteiger partial charge on any atom is 0.223 e. The van der Waals surface area contributed by atoms with Gasteiger partial charge in [0.25, 0.3) is 0 Å². The zero-order valence-electron chi connectivity index (χ0n) is 16.5. The molecule has 0 aliphatic carbocycles. The molecule has 1 amide bonds. The molecule has 2 aliphatic rings. The maximum absolute atomic E-state index is 12.6. The van der Waals surface area contributed by atoms with Crippen molar-refractivity contribution in [2.24, 2.45) is 0 Å². The van der Waals surface area contributed by atoms with Gasteiger partial charge in [0.1, 0.15) is 5.75 Å². The highest BCUT2D eigenvalue weighted by molar-refractivity contribution is 7.18. The molecule has 0 unspecified atom stereocenters. The number of fused-ring (bicyclic) bond motifs is 2. The summed E-state index contributed by atoms with van der Waals surface area (Å²) in [5, 5.41) is 1.05. The Balaban J connectivity index is 1.11. The number of hydrogen-bond acceptors (Lipinski definition) is 5. The minimum absolute atomic E-state index is 0.249. The molecule has 2 aromatic carbocycles. The van der Waals surface area contributed by atoms with E-state index in [9.17, 15) is 4.79 Å². The van der Waals surface area contributed by atoms with Crippen LogP contribution in [0.15, 0.2) is 42.5 Å². The monoisotopic (exact) mass is 407 g/mol. The largest absolute Gasteiger partial charge is 0.493 e. The fraction of sp³-hybridized carbons (Fsp3) is 0.391. The van der Waals surface area contributed by atoms with Crippen molar-refractivity contribution in [3.63, 3.8) is 0 Å². The standard InChI is InChI=1S/C23H25N3O2S/c27-23(8-7-22-24-19-3-1-2-4-21(19)29-22)26-12-10-25(11-13-26)16-17-5-6-20-18(15-17)9-14-28-20/h1-6,15H,7-14,16H2. The summed E-state index contributed by atoms with van der Waals surface area (Å²) in [7, 11) is 0. The third kappa shape index (κ3) is 4.14. The molecular weight excluding hydrogens is 382 g/mol. The topological polar surface area (TPSA) is 45.7 Å². The average molecular weight is 408 g/mol. The summed E-state index contributed by atoms with van der Waals surface area (Å²) in [5.41, 5.74) is 3.70. The lowest BCUT2D eigenvalue weighted by atomic mass is 10.1. The molecule has 1 saturated heterocycles. The minimum Gasteiger partial charge on any atom is -0.493 e. The van der Waals surface area contributed by atoms with Crippen LogP contribution >= 0.6 is 11.3 Å². The zero-order valence-corrected chi connectivity index (χ0v) is 17.3. The number of hydrogen-bond donors (Lipinski definition) is 0. The van der Waals surface area contributed by atoms with E-state index in [2.05, 4.69) is 34.1 Å². The maximum atomic E-state index is 12.6. The molecule has 2 aliphatic heterocycles. The molecule has 3 aromatic rings. The van der Waals surface area contributed by atoms with E-state index < -0.39 is 0 Å². The van der Waals surface area contributed by atoms with Crippen LogP contribution in [0.1, 0.15) is 22.6 Å². The van der Waals surface area contributed by atoms with Crippen LogP contribution in [0.3, 0.4) is 0 Å². The summed E-state index contributed by atoms with van der Waals surface area (Å²) in [6.07, 6.45) is 2.29. The number of aryl methyl sites for hydroxylation is 1. The van der Waals surface area contributed by atoms with Gasteiger partial charge >= 0.3 is 0 Å². The number of amides is 1. The lowest BCUT2D eigenvalue weighted by molar-refractivity contribution is -0.133. The van der Waals surface area contributed by atoms with E-state index in [4.69, 9.17) is 4.74 Å². The SMILES string of the molecule is O=C(CCc1nc2ccccc2s1)N1CCN(Cc2ccc3c(c2)CCO3)CC1. The van der Waals surface area contributed by atoms with Gasteiger partial charge in [-0.25, -0.2) is 4.98 Å². The van der Waals surface area contributed by atoms with Crippen LogP contribution in [0.4, 0.5) is 0 Å². The fourth-order valence-corrected chi connectivity index (χ4v) is 5.12. The first-order valence-electron chi connectivity index (χ1n) is 10.3. The molecule has 0 atom stereocenters. The van der Waals surface area contributed by atoms with Gasteiger partial charge < -0.3 is 9.64 Å². The molecule has 1 fully saturated rings. The summed E-state index contributed by atoms with van der Waals surface area (Å²) >= 11 is 1.70. The van der Waals surface area contributed by atoms with Crippen molar-refractivity contribution in [2.75, 3.05) is 32.8 Å². The molecule has 0 spiro atoms. The quantitative estimate of drug-likeness (QED) is 0.649. The third-order valence-corrected chi connectivity index (χ3v) is 6.87. The number of aromatic nitrogens is 1. The lowest BCUT2D eigenvalue weighted by Gasteiger charge is -2.34. The number of nitrogens with zero attached hydrogens (tertiary/aromatic N) is 3. The molecule has 0 N–H and O–H groups in total. The Hall–Kier alpha value is -2.44. The van der Waals surface area contributed by atoms with Crippen LogP contribution in [-0.4, -0.2) is 53.5 Å². The Labute approximate surface area is 174 Å². The fourth-order valence-electron chi connectivity index (χ4n) is 4.15. The van der Waals surface area contributed by atoms with Gasteiger partial charge in [-0.3, -0.25) is 9.69 Å². The molecule has 29 heavy (non-hydrogen) atoms. The van der Waals surface area contributed by atoms with Gasteiger partial charge in [-0.05, 0) is 29.3 Å². The zero-order chi connectivity index (χ0) is 19.6. The van der Waals surface area contributed by atoms with Crippen molar-refractivity contribution in [3.8, 4) is 5.75 Å². The van der Waals surface area contributed by atoms with Gasteiger partial charge in [-0.2, -0.15) is 0 Å². The van der Waals surface area contributed by atoms with Gasteiger partial charge in [0.05, 0.1) is 21.8 Å². The van der Waals surface area contributed by atoms with Crippen LogP contribution in [0.25, 0.3) is 10.2 Å². The number of thiazole rings is 1. The van der Waals surface area contributed by atoms with Crippen molar-refractivity contribution in [2.45, 2.75) is 25.8 Å². The average Bonchev–Trinajstić information content (AvgIpc) is 3.38. The van der Waals surface area contributed by atoms with E-state index >= 15 is 0 Å². The van der Waals surface area contributed by atoms with E-state index in [-0.39, 0.29) is 5.91 Å².